The first kappa shape index (κ1) is 14.9. The van der Waals surface area contributed by atoms with Gasteiger partial charge in [0.25, 0.3) is 0 Å². The van der Waals surface area contributed by atoms with Gasteiger partial charge in [-0.2, -0.15) is 0 Å². The summed E-state index contributed by atoms with van der Waals surface area (Å²) < 4.78 is 26.3. The van der Waals surface area contributed by atoms with E-state index in [2.05, 4.69) is 4.72 Å². The SMILES string of the molecule is CC(CNS(=O)(=O)Cc1cccc(N)c1)N(C)C. The van der Waals surface area contributed by atoms with E-state index in [1.165, 1.54) is 0 Å². The maximum atomic E-state index is 11.9. The summed E-state index contributed by atoms with van der Waals surface area (Å²) in [5.41, 5.74) is 6.89. The minimum atomic E-state index is -3.31. The third kappa shape index (κ3) is 5.03. The lowest BCUT2D eigenvalue weighted by atomic mass is 10.2. The van der Waals surface area contributed by atoms with Gasteiger partial charge in [0.15, 0.2) is 0 Å². The lowest BCUT2D eigenvalue weighted by molar-refractivity contribution is 0.314. The van der Waals surface area contributed by atoms with Crippen molar-refractivity contribution in [1.29, 1.82) is 0 Å². The Kier molecular flexibility index (Phi) is 5.13. The molecule has 0 bridgehead atoms. The van der Waals surface area contributed by atoms with E-state index in [9.17, 15) is 8.42 Å². The Morgan fingerprint density at radius 2 is 2.06 bits per heavy atom. The molecule has 1 aromatic carbocycles. The van der Waals surface area contributed by atoms with E-state index in [4.69, 9.17) is 5.73 Å². The highest BCUT2D eigenvalue weighted by molar-refractivity contribution is 7.88. The van der Waals surface area contributed by atoms with Crippen molar-refractivity contribution in [1.82, 2.24) is 9.62 Å². The quantitative estimate of drug-likeness (QED) is 0.745. The number of rotatable bonds is 6. The van der Waals surface area contributed by atoms with Crippen LogP contribution in [-0.4, -0.2) is 40.0 Å². The Morgan fingerprint density at radius 3 is 2.61 bits per heavy atom. The molecule has 102 valence electrons. The highest BCUT2D eigenvalue weighted by atomic mass is 32.2. The lowest BCUT2D eigenvalue weighted by Crippen LogP contribution is -2.38. The molecule has 0 fully saturated rings. The lowest BCUT2D eigenvalue weighted by Gasteiger charge is -2.20. The van der Waals surface area contributed by atoms with Crippen molar-refractivity contribution in [2.45, 2.75) is 18.7 Å². The van der Waals surface area contributed by atoms with Crippen molar-refractivity contribution in [3.05, 3.63) is 29.8 Å². The fourth-order valence-electron chi connectivity index (χ4n) is 1.38. The van der Waals surface area contributed by atoms with Crippen LogP contribution in [0.5, 0.6) is 0 Å². The van der Waals surface area contributed by atoms with Crippen LogP contribution in [0.2, 0.25) is 0 Å². The predicted octanol–water partition coefficient (Wildman–Crippen LogP) is 0.638. The average molecular weight is 271 g/mol. The summed E-state index contributed by atoms with van der Waals surface area (Å²) in [5, 5.41) is 0. The van der Waals surface area contributed by atoms with Crippen LogP contribution >= 0.6 is 0 Å². The van der Waals surface area contributed by atoms with Crippen molar-refractivity contribution in [3.8, 4) is 0 Å². The summed E-state index contributed by atoms with van der Waals surface area (Å²) in [6.07, 6.45) is 0. The molecule has 0 saturated heterocycles. The second-order valence-electron chi connectivity index (χ2n) is 4.67. The van der Waals surface area contributed by atoms with Gasteiger partial charge in [-0.25, -0.2) is 13.1 Å². The molecule has 0 aromatic heterocycles. The van der Waals surface area contributed by atoms with Crippen molar-refractivity contribution in [2.75, 3.05) is 26.4 Å². The van der Waals surface area contributed by atoms with Crippen molar-refractivity contribution in [3.63, 3.8) is 0 Å². The van der Waals surface area contributed by atoms with Crippen molar-refractivity contribution >= 4 is 15.7 Å². The Balaban J connectivity index is 2.60. The summed E-state index contributed by atoms with van der Waals surface area (Å²) in [7, 11) is 0.515. The fourth-order valence-corrected chi connectivity index (χ4v) is 2.60. The Hall–Kier alpha value is -1.11. The van der Waals surface area contributed by atoms with Gasteiger partial charge in [0.2, 0.25) is 10.0 Å². The maximum Gasteiger partial charge on any atom is 0.215 e. The number of nitrogens with two attached hydrogens (primary N) is 1. The Morgan fingerprint density at radius 1 is 1.39 bits per heavy atom. The average Bonchev–Trinajstić information content (AvgIpc) is 2.25. The van der Waals surface area contributed by atoms with Crippen LogP contribution in [0.15, 0.2) is 24.3 Å². The fraction of sp³-hybridized carbons (Fsp3) is 0.500. The molecule has 0 aliphatic heterocycles. The normalized spacial score (nSPS) is 13.8. The Labute approximate surface area is 109 Å². The van der Waals surface area contributed by atoms with Gasteiger partial charge in [-0.05, 0) is 38.7 Å². The van der Waals surface area contributed by atoms with Gasteiger partial charge in [-0.3, -0.25) is 0 Å². The standard InChI is InChI=1S/C12H21N3O2S/c1-10(15(2)3)8-14-18(16,17)9-11-5-4-6-12(13)7-11/h4-7,10,14H,8-9,13H2,1-3H3. The van der Waals surface area contributed by atoms with Crippen LogP contribution in [0.3, 0.4) is 0 Å². The van der Waals surface area contributed by atoms with Gasteiger partial charge in [-0.1, -0.05) is 12.1 Å². The van der Waals surface area contributed by atoms with E-state index in [0.717, 1.165) is 0 Å². The van der Waals surface area contributed by atoms with Gasteiger partial charge in [0, 0.05) is 18.3 Å². The number of anilines is 1. The summed E-state index contributed by atoms with van der Waals surface area (Å²) in [5.74, 6) is -0.0435. The van der Waals surface area contributed by atoms with Crippen molar-refractivity contribution in [2.24, 2.45) is 0 Å². The molecule has 1 aromatic rings. The first-order chi connectivity index (χ1) is 8.30. The number of benzene rings is 1. The summed E-state index contributed by atoms with van der Waals surface area (Å²) in [4.78, 5) is 1.96. The van der Waals surface area contributed by atoms with Crippen LogP contribution in [-0.2, 0) is 15.8 Å². The molecule has 1 rings (SSSR count). The molecule has 0 radical (unpaired) electrons. The largest absolute Gasteiger partial charge is 0.399 e. The Bertz CT molecular complexity index is 486. The number of likely N-dealkylation sites (N-methyl/N-ethyl adjacent to an activating group) is 1. The summed E-state index contributed by atoms with van der Waals surface area (Å²) >= 11 is 0. The number of hydrogen-bond donors (Lipinski definition) is 2. The zero-order chi connectivity index (χ0) is 13.8. The molecule has 0 amide bonds. The van der Waals surface area contributed by atoms with Crippen LogP contribution in [0.25, 0.3) is 0 Å². The highest BCUT2D eigenvalue weighted by Crippen LogP contribution is 2.09. The van der Waals surface area contributed by atoms with Crippen LogP contribution in [0, 0.1) is 0 Å². The number of nitrogens with zero attached hydrogens (tertiary/aromatic N) is 1. The molecule has 0 heterocycles. The van der Waals surface area contributed by atoms with Crippen LogP contribution in [0.1, 0.15) is 12.5 Å². The third-order valence-electron chi connectivity index (χ3n) is 2.79. The van der Waals surface area contributed by atoms with E-state index < -0.39 is 10.0 Å². The van der Waals surface area contributed by atoms with E-state index in [-0.39, 0.29) is 11.8 Å². The molecule has 0 aliphatic carbocycles. The minimum absolute atomic E-state index is 0.0435. The molecule has 1 unspecified atom stereocenters. The number of hydrogen-bond acceptors (Lipinski definition) is 4. The second-order valence-corrected chi connectivity index (χ2v) is 6.47. The smallest absolute Gasteiger partial charge is 0.215 e. The van der Waals surface area contributed by atoms with E-state index in [1.54, 1.807) is 24.3 Å². The molecule has 6 heteroatoms. The third-order valence-corrected chi connectivity index (χ3v) is 4.11. The van der Waals surface area contributed by atoms with Gasteiger partial charge < -0.3 is 10.6 Å². The number of nitrogen functional groups attached to an aromatic ring is 1. The highest BCUT2D eigenvalue weighted by Gasteiger charge is 2.14. The molecule has 1 atom stereocenters. The van der Waals surface area contributed by atoms with E-state index in [1.807, 2.05) is 25.9 Å². The van der Waals surface area contributed by atoms with Crippen molar-refractivity contribution < 1.29 is 8.42 Å². The van der Waals surface area contributed by atoms with E-state index >= 15 is 0 Å². The van der Waals surface area contributed by atoms with E-state index in [0.29, 0.717) is 17.8 Å². The van der Waals surface area contributed by atoms with Gasteiger partial charge in [0.05, 0.1) is 5.75 Å². The monoisotopic (exact) mass is 271 g/mol. The molecule has 18 heavy (non-hydrogen) atoms. The number of nitrogens with one attached hydrogen (secondary N) is 1. The summed E-state index contributed by atoms with van der Waals surface area (Å²) in [6.45, 7) is 2.36. The molecule has 0 spiro atoms. The first-order valence-electron chi connectivity index (χ1n) is 5.78. The minimum Gasteiger partial charge on any atom is -0.399 e. The van der Waals surface area contributed by atoms with Crippen LogP contribution < -0.4 is 10.5 Å². The van der Waals surface area contributed by atoms with Crippen LogP contribution in [0.4, 0.5) is 5.69 Å². The van der Waals surface area contributed by atoms with Gasteiger partial charge in [0.1, 0.15) is 0 Å². The van der Waals surface area contributed by atoms with Gasteiger partial charge in [-0.15, -0.1) is 0 Å². The molecular weight excluding hydrogens is 250 g/mol. The molecule has 3 N–H and O–H groups in total. The first-order valence-corrected chi connectivity index (χ1v) is 7.43. The second kappa shape index (κ2) is 6.17. The summed E-state index contributed by atoms with van der Waals surface area (Å²) in [6, 6.07) is 7.07. The molecular formula is C12H21N3O2S. The van der Waals surface area contributed by atoms with Gasteiger partial charge >= 0.3 is 0 Å². The zero-order valence-electron chi connectivity index (χ0n) is 11.1. The number of sulfonamides is 1. The predicted molar refractivity (Wildman–Crippen MR) is 74.6 cm³/mol. The molecule has 0 saturated carbocycles. The molecule has 0 aliphatic rings. The molecule has 5 nitrogen and oxygen atoms in total. The topological polar surface area (TPSA) is 75.4 Å². The maximum absolute atomic E-state index is 11.9. The zero-order valence-corrected chi connectivity index (χ0v) is 11.9.